The maximum absolute atomic E-state index is 10.5. The molecule has 0 aromatic carbocycles. The minimum atomic E-state index is -0.162. The first-order valence-corrected chi connectivity index (χ1v) is 6.47. The summed E-state index contributed by atoms with van der Waals surface area (Å²) in [7, 11) is 0. The van der Waals surface area contributed by atoms with Crippen LogP contribution in [0.1, 0.15) is 27.7 Å². The molecular formula is C13H26N2O. The predicted molar refractivity (Wildman–Crippen MR) is 66.4 cm³/mol. The molecule has 0 spiro atoms. The second kappa shape index (κ2) is 3.97. The lowest BCUT2D eigenvalue weighted by Gasteiger charge is -2.57. The maximum Gasteiger partial charge on any atom is 0.0696 e. The molecule has 0 aliphatic carbocycles. The summed E-state index contributed by atoms with van der Waals surface area (Å²) in [6.07, 6.45) is -0.162. The van der Waals surface area contributed by atoms with Gasteiger partial charge in [-0.15, -0.1) is 0 Å². The zero-order chi connectivity index (χ0) is 12.0. The van der Waals surface area contributed by atoms with Crippen LogP contribution in [0.25, 0.3) is 0 Å². The Morgan fingerprint density at radius 1 is 1.25 bits per heavy atom. The van der Waals surface area contributed by atoms with E-state index in [1.807, 2.05) is 0 Å². The molecule has 2 heterocycles. The summed E-state index contributed by atoms with van der Waals surface area (Å²) < 4.78 is 0. The van der Waals surface area contributed by atoms with Gasteiger partial charge in [0, 0.05) is 43.6 Å². The molecule has 3 heteroatoms. The highest BCUT2D eigenvalue weighted by Gasteiger charge is 2.53. The number of piperidine rings is 2. The topological polar surface area (TPSA) is 35.5 Å². The fourth-order valence-electron chi connectivity index (χ4n) is 3.68. The number of fused-ring (bicyclic) bond motifs is 2. The second-order valence-electron chi connectivity index (χ2n) is 6.88. The Bertz CT molecular complexity index is 249. The molecule has 0 aromatic rings. The molecule has 2 bridgehead atoms. The van der Waals surface area contributed by atoms with Crippen LogP contribution in [0.5, 0.6) is 0 Å². The van der Waals surface area contributed by atoms with Crippen molar-refractivity contribution in [3.63, 3.8) is 0 Å². The van der Waals surface area contributed by atoms with E-state index < -0.39 is 0 Å². The average molecular weight is 226 g/mol. The van der Waals surface area contributed by atoms with Crippen molar-refractivity contribution in [1.82, 2.24) is 10.2 Å². The van der Waals surface area contributed by atoms with E-state index in [0.29, 0.717) is 5.92 Å². The summed E-state index contributed by atoms with van der Waals surface area (Å²) in [5, 5.41) is 14.0. The molecule has 0 radical (unpaired) electrons. The Morgan fingerprint density at radius 2 is 1.75 bits per heavy atom. The number of hydrogen-bond acceptors (Lipinski definition) is 3. The van der Waals surface area contributed by atoms with E-state index in [1.165, 1.54) is 0 Å². The van der Waals surface area contributed by atoms with E-state index in [9.17, 15) is 5.11 Å². The van der Waals surface area contributed by atoms with Crippen LogP contribution >= 0.6 is 0 Å². The third-order valence-electron chi connectivity index (χ3n) is 4.17. The second-order valence-corrected chi connectivity index (χ2v) is 6.88. The van der Waals surface area contributed by atoms with Gasteiger partial charge >= 0.3 is 0 Å². The summed E-state index contributed by atoms with van der Waals surface area (Å²) in [6.45, 7) is 14.1. The molecule has 2 aliphatic rings. The van der Waals surface area contributed by atoms with E-state index in [1.54, 1.807) is 0 Å². The monoisotopic (exact) mass is 226 g/mol. The molecular weight excluding hydrogens is 200 g/mol. The summed E-state index contributed by atoms with van der Waals surface area (Å²) in [4.78, 5) is 2.54. The van der Waals surface area contributed by atoms with Crippen molar-refractivity contribution in [2.24, 2.45) is 16.7 Å². The van der Waals surface area contributed by atoms with Crippen molar-refractivity contribution in [3.05, 3.63) is 0 Å². The predicted octanol–water partition coefficient (Wildman–Crippen LogP) is 0.935. The van der Waals surface area contributed by atoms with Crippen molar-refractivity contribution >= 4 is 0 Å². The fourth-order valence-corrected chi connectivity index (χ4v) is 3.68. The lowest BCUT2D eigenvalue weighted by Crippen LogP contribution is -2.69. The molecule has 2 saturated heterocycles. The Kier molecular flexibility index (Phi) is 3.06. The van der Waals surface area contributed by atoms with E-state index in [2.05, 4.69) is 37.9 Å². The average Bonchev–Trinajstić information content (AvgIpc) is 2.10. The summed E-state index contributed by atoms with van der Waals surface area (Å²) >= 11 is 0. The van der Waals surface area contributed by atoms with Crippen LogP contribution in [-0.2, 0) is 0 Å². The third-order valence-corrected chi connectivity index (χ3v) is 4.17. The Hall–Kier alpha value is -0.120. The van der Waals surface area contributed by atoms with Gasteiger partial charge in [-0.05, 0) is 5.92 Å². The SMILES string of the molecule is CC(C)CN1C[C@]2(C)CNC[C@](C)(C1)C2O. The molecule has 16 heavy (non-hydrogen) atoms. The van der Waals surface area contributed by atoms with Crippen LogP contribution in [0.3, 0.4) is 0 Å². The smallest absolute Gasteiger partial charge is 0.0696 e. The summed E-state index contributed by atoms with van der Waals surface area (Å²) in [5.74, 6) is 0.705. The number of aliphatic hydroxyl groups excluding tert-OH is 1. The van der Waals surface area contributed by atoms with Crippen LogP contribution in [0.15, 0.2) is 0 Å². The molecule has 1 unspecified atom stereocenters. The van der Waals surface area contributed by atoms with Gasteiger partial charge in [0.1, 0.15) is 0 Å². The highest BCUT2D eigenvalue weighted by atomic mass is 16.3. The van der Waals surface area contributed by atoms with Crippen LogP contribution < -0.4 is 5.32 Å². The highest BCUT2D eigenvalue weighted by molar-refractivity contribution is 5.06. The van der Waals surface area contributed by atoms with Crippen molar-refractivity contribution in [1.29, 1.82) is 0 Å². The van der Waals surface area contributed by atoms with Crippen molar-refractivity contribution in [2.75, 3.05) is 32.7 Å². The van der Waals surface area contributed by atoms with Crippen LogP contribution in [0, 0.1) is 16.7 Å². The first-order valence-electron chi connectivity index (χ1n) is 6.47. The van der Waals surface area contributed by atoms with Gasteiger partial charge in [-0.25, -0.2) is 0 Å². The molecule has 94 valence electrons. The lowest BCUT2D eigenvalue weighted by atomic mass is 9.63. The molecule has 0 aromatic heterocycles. The molecule has 0 amide bonds. The lowest BCUT2D eigenvalue weighted by molar-refractivity contribution is -0.142. The van der Waals surface area contributed by atoms with Crippen molar-refractivity contribution in [2.45, 2.75) is 33.8 Å². The van der Waals surface area contributed by atoms with Gasteiger partial charge in [0.25, 0.3) is 0 Å². The van der Waals surface area contributed by atoms with E-state index >= 15 is 0 Å². The first-order chi connectivity index (χ1) is 7.36. The summed E-state index contributed by atoms with van der Waals surface area (Å²) in [6, 6.07) is 0. The number of nitrogens with one attached hydrogen (secondary N) is 1. The van der Waals surface area contributed by atoms with Gasteiger partial charge in [-0.2, -0.15) is 0 Å². The number of nitrogens with zero attached hydrogens (tertiary/aromatic N) is 1. The molecule has 0 saturated carbocycles. The zero-order valence-corrected chi connectivity index (χ0v) is 11.1. The number of rotatable bonds is 2. The fraction of sp³-hybridized carbons (Fsp3) is 1.00. The Morgan fingerprint density at radius 3 is 2.19 bits per heavy atom. The van der Waals surface area contributed by atoms with Gasteiger partial charge in [0.15, 0.2) is 0 Å². The molecule has 2 aliphatic heterocycles. The molecule has 3 atom stereocenters. The van der Waals surface area contributed by atoms with Crippen LogP contribution in [0.2, 0.25) is 0 Å². The van der Waals surface area contributed by atoms with Crippen LogP contribution in [-0.4, -0.2) is 48.8 Å². The number of hydrogen-bond donors (Lipinski definition) is 2. The number of aliphatic hydroxyl groups is 1. The van der Waals surface area contributed by atoms with Gasteiger partial charge in [0.05, 0.1) is 6.10 Å². The van der Waals surface area contributed by atoms with E-state index in [4.69, 9.17) is 0 Å². The first kappa shape index (κ1) is 12.3. The minimum absolute atomic E-state index is 0.0279. The standard InChI is InChI=1S/C13H26N2O/c1-10(2)5-15-8-12(3)6-14-7-13(4,9-15)11(12)16/h10-11,14,16H,5-9H2,1-4H3/t11?,12-,13+. The van der Waals surface area contributed by atoms with Crippen molar-refractivity contribution in [3.8, 4) is 0 Å². The van der Waals surface area contributed by atoms with Gasteiger partial charge in [-0.1, -0.05) is 27.7 Å². The zero-order valence-electron chi connectivity index (χ0n) is 11.1. The molecule has 2 rings (SSSR count). The Labute approximate surface area is 99.2 Å². The van der Waals surface area contributed by atoms with Crippen LogP contribution in [0.4, 0.5) is 0 Å². The quantitative estimate of drug-likeness (QED) is 0.735. The normalized spacial score (nSPS) is 45.0. The molecule has 3 nitrogen and oxygen atoms in total. The highest BCUT2D eigenvalue weighted by Crippen LogP contribution is 2.42. The van der Waals surface area contributed by atoms with Crippen molar-refractivity contribution < 1.29 is 5.11 Å². The number of likely N-dealkylation sites (tertiary alicyclic amines) is 1. The Balaban J connectivity index is 2.15. The van der Waals surface area contributed by atoms with Gasteiger partial charge in [0.2, 0.25) is 0 Å². The minimum Gasteiger partial charge on any atom is -0.392 e. The van der Waals surface area contributed by atoms with Gasteiger partial charge in [-0.3, -0.25) is 0 Å². The van der Waals surface area contributed by atoms with E-state index in [-0.39, 0.29) is 16.9 Å². The summed E-state index contributed by atoms with van der Waals surface area (Å²) in [5.41, 5.74) is 0.0558. The largest absolute Gasteiger partial charge is 0.392 e. The maximum atomic E-state index is 10.5. The molecule has 2 N–H and O–H groups in total. The third kappa shape index (κ3) is 2.01. The van der Waals surface area contributed by atoms with E-state index in [0.717, 1.165) is 32.7 Å². The van der Waals surface area contributed by atoms with Gasteiger partial charge < -0.3 is 15.3 Å². The molecule has 2 fully saturated rings.